The Morgan fingerprint density at radius 2 is 2.35 bits per heavy atom. The highest BCUT2D eigenvalue weighted by molar-refractivity contribution is 5.84. The summed E-state index contributed by atoms with van der Waals surface area (Å²) in [5, 5.41) is 10.2. The standard InChI is InChI=1S/C12H12FNO3/c1-17-11(16)5-10(15)7-6-14-9-4-2-3-8(13)12(7)9/h2-4,6,10,14-15H,5H2,1H3/t10-/m1/s1. The first kappa shape index (κ1) is 11.6. The van der Waals surface area contributed by atoms with Gasteiger partial charge in [0.05, 0.1) is 19.6 Å². The summed E-state index contributed by atoms with van der Waals surface area (Å²) in [6.45, 7) is 0. The van der Waals surface area contributed by atoms with E-state index in [1.54, 1.807) is 12.1 Å². The van der Waals surface area contributed by atoms with Crippen molar-refractivity contribution >= 4 is 16.9 Å². The van der Waals surface area contributed by atoms with Gasteiger partial charge in [0.15, 0.2) is 0 Å². The molecule has 0 saturated heterocycles. The molecule has 0 radical (unpaired) electrons. The fraction of sp³-hybridized carbons (Fsp3) is 0.250. The van der Waals surface area contributed by atoms with E-state index >= 15 is 0 Å². The molecule has 2 N–H and O–H groups in total. The third-order valence-electron chi connectivity index (χ3n) is 2.63. The Labute approximate surface area is 97.0 Å². The van der Waals surface area contributed by atoms with Crippen LogP contribution in [0.2, 0.25) is 0 Å². The lowest BCUT2D eigenvalue weighted by atomic mass is 10.1. The van der Waals surface area contributed by atoms with Gasteiger partial charge >= 0.3 is 5.97 Å². The van der Waals surface area contributed by atoms with Crippen LogP contribution in [0, 0.1) is 5.82 Å². The van der Waals surface area contributed by atoms with Crippen molar-refractivity contribution in [3.63, 3.8) is 0 Å². The van der Waals surface area contributed by atoms with E-state index < -0.39 is 17.9 Å². The zero-order valence-electron chi connectivity index (χ0n) is 9.24. The van der Waals surface area contributed by atoms with Gasteiger partial charge in [0.25, 0.3) is 0 Å². The molecule has 17 heavy (non-hydrogen) atoms. The van der Waals surface area contributed by atoms with Gasteiger partial charge in [-0.3, -0.25) is 4.79 Å². The number of carbonyl (C=O) groups excluding carboxylic acids is 1. The van der Waals surface area contributed by atoms with Crippen LogP contribution < -0.4 is 0 Å². The second kappa shape index (κ2) is 4.55. The first-order valence-electron chi connectivity index (χ1n) is 5.14. The molecular formula is C12H12FNO3. The molecule has 1 aromatic carbocycles. The number of nitrogens with one attached hydrogen (secondary N) is 1. The predicted octanol–water partition coefficient (Wildman–Crippen LogP) is 1.90. The van der Waals surface area contributed by atoms with Crippen molar-refractivity contribution in [2.45, 2.75) is 12.5 Å². The number of aromatic amines is 1. The molecule has 0 amide bonds. The molecule has 4 nitrogen and oxygen atoms in total. The third kappa shape index (κ3) is 2.14. The van der Waals surface area contributed by atoms with Crippen molar-refractivity contribution in [3.8, 4) is 0 Å². The third-order valence-corrected chi connectivity index (χ3v) is 2.63. The van der Waals surface area contributed by atoms with Gasteiger partial charge in [-0.15, -0.1) is 0 Å². The van der Waals surface area contributed by atoms with Gasteiger partial charge in [0.2, 0.25) is 0 Å². The first-order valence-corrected chi connectivity index (χ1v) is 5.14. The molecule has 0 bridgehead atoms. The Morgan fingerprint density at radius 1 is 1.59 bits per heavy atom. The van der Waals surface area contributed by atoms with Crippen molar-refractivity contribution < 1.29 is 19.0 Å². The fourth-order valence-electron chi connectivity index (χ4n) is 1.78. The number of fused-ring (bicyclic) bond motifs is 1. The highest BCUT2D eigenvalue weighted by atomic mass is 19.1. The number of aromatic nitrogens is 1. The molecule has 0 spiro atoms. The van der Waals surface area contributed by atoms with E-state index in [0.717, 1.165) is 0 Å². The molecule has 1 atom stereocenters. The minimum Gasteiger partial charge on any atom is -0.469 e. The number of aliphatic hydroxyl groups is 1. The Morgan fingerprint density at radius 3 is 3.06 bits per heavy atom. The quantitative estimate of drug-likeness (QED) is 0.801. The monoisotopic (exact) mass is 237 g/mol. The number of methoxy groups -OCH3 is 1. The second-order valence-electron chi connectivity index (χ2n) is 3.70. The Bertz CT molecular complexity index is 550. The molecular weight excluding hydrogens is 225 g/mol. The predicted molar refractivity (Wildman–Crippen MR) is 59.8 cm³/mol. The number of rotatable bonds is 3. The summed E-state index contributed by atoms with van der Waals surface area (Å²) >= 11 is 0. The Kier molecular flexibility index (Phi) is 3.10. The molecule has 0 saturated carbocycles. The van der Waals surface area contributed by atoms with E-state index in [-0.39, 0.29) is 6.42 Å². The molecule has 0 aliphatic heterocycles. The van der Waals surface area contributed by atoms with E-state index in [2.05, 4.69) is 9.72 Å². The average Bonchev–Trinajstić information content (AvgIpc) is 2.74. The van der Waals surface area contributed by atoms with E-state index in [4.69, 9.17) is 0 Å². The smallest absolute Gasteiger partial charge is 0.308 e. The number of benzene rings is 1. The maximum Gasteiger partial charge on any atom is 0.308 e. The molecule has 5 heteroatoms. The van der Waals surface area contributed by atoms with Gasteiger partial charge in [-0.05, 0) is 12.1 Å². The van der Waals surface area contributed by atoms with Crippen LogP contribution in [0.15, 0.2) is 24.4 Å². The topological polar surface area (TPSA) is 62.3 Å². The summed E-state index contributed by atoms with van der Waals surface area (Å²) in [6.07, 6.45) is 0.229. The SMILES string of the molecule is COC(=O)C[C@@H](O)c1c[nH]c2cccc(F)c12. The second-order valence-corrected chi connectivity index (χ2v) is 3.70. The van der Waals surface area contributed by atoms with Gasteiger partial charge in [-0.25, -0.2) is 4.39 Å². The largest absolute Gasteiger partial charge is 0.469 e. The van der Waals surface area contributed by atoms with Gasteiger partial charge in [-0.2, -0.15) is 0 Å². The van der Waals surface area contributed by atoms with E-state index in [1.165, 1.54) is 19.4 Å². The zero-order chi connectivity index (χ0) is 12.4. The van der Waals surface area contributed by atoms with Crippen LogP contribution in [-0.4, -0.2) is 23.2 Å². The number of aliphatic hydroxyl groups excluding tert-OH is 1. The lowest BCUT2D eigenvalue weighted by molar-refractivity contribution is -0.142. The van der Waals surface area contributed by atoms with Crippen LogP contribution in [0.25, 0.3) is 10.9 Å². The normalized spacial score (nSPS) is 12.6. The maximum atomic E-state index is 13.6. The number of ether oxygens (including phenoxy) is 1. The Balaban J connectivity index is 2.38. The average molecular weight is 237 g/mol. The van der Waals surface area contributed by atoms with E-state index in [1.807, 2.05) is 0 Å². The summed E-state index contributed by atoms with van der Waals surface area (Å²) in [4.78, 5) is 13.9. The van der Waals surface area contributed by atoms with Gasteiger partial charge in [0, 0.05) is 22.7 Å². The van der Waals surface area contributed by atoms with Crippen molar-refractivity contribution in [2.75, 3.05) is 7.11 Å². The molecule has 1 aromatic heterocycles. The molecule has 90 valence electrons. The van der Waals surface area contributed by atoms with Crippen molar-refractivity contribution in [1.82, 2.24) is 4.98 Å². The highest BCUT2D eigenvalue weighted by Gasteiger charge is 2.18. The van der Waals surface area contributed by atoms with Crippen LogP contribution in [0.3, 0.4) is 0 Å². The van der Waals surface area contributed by atoms with Crippen LogP contribution in [-0.2, 0) is 9.53 Å². The lowest BCUT2D eigenvalue weighted by Gasteiger charge is -2.08. The molecule has 2 aromatic rings. The number of esters is 1. The van der Waals surface area contributed by atoms with Crippen molar-refractivity contribution in [3.05, 3.63) is 35.8 Å². The van der Waals surface area contributed by atoms with Crippen molar-refractivity contribution in [2.24, 2.45) is 0 Å². The molecule has 1 heterocycles. The number of H-pyrrole nitrogens is 1. The lowest BCUT2D eigenvalue weighted by Crippen LogP contribution is -2.07. The zero-order valence-corrected chi connectivity index (χ0v) is 9.24. The summed E-state index contributed by atoms with van der Waals surface area (Å²) in [5.74, 6) is -0.967. The van der Waals surface area contributed by atoms with Gasteiger partial charge < -0.3 is 14.8 Å². The molecule has 0 unspecified atom stereocenters. The number of carbonyl (C=O) groups is 1. The van der Waals surface area contributed by atoms with Gasteiger partial charge in [-0.1, -0.05) is 6.07 Å². The number of hydrogen-bond acceptors (Lipinski definition) is 3. The fourth-order valence-corrected chi connectivity index (χ4v) is 1.78. The van der Waals surface area contributed by atoms with Crippen LogP contribution in [0.4, 0.5) is 4.39 Å². The van der Waals surface area contributed by atoms with Gasteiger partial charge in [0.1, 0.15) is 5.82 Å². The van der Waals surface area contributed by atoms with Crippen LogP contribution in [0.1, 0.15) is 18.1 Å². The summed E-state index contributed by atoms with van der Waals surface area (Å²) in [5.41, 5.74) is 0.951. The van der Waals surface area contributed by atoms with Crippen LogP contribution in [0.5, 0.6) is 0 Å². The number of halogens is 1. The van der Waals surface area contributed by atoms with Crippen molar-refractivity contribution in [1.29, 1.82) is 0 Å². The molecule has 0 fully saturated rings. The summed E-state index contributed by atoms with van der Waals surface area (Å²) < 4.78 is 18.1. The minimum atomic E-state index is -1.08. The minimum absolute atomic E-state index is 0.197. The highest BCUT2D eigenvalue weighted by Crippen LogP contribution is 2.28. The summed E-state index contributed by atoms with van der Waals surface area (Å²) in [7, 11) is 1.24. The van der Waals surface area contributed by atoms with E-state index in [9.17, 15) is 14.3 Å². The Hall–Kier alpha value is -1.88. The maximum absolute atomic E-state index is 13.6. The first-order chi connectivity index (χ1) is 8.13. The summed E-state index contributed by atoms with van der Waals surface area (Å²) in [6, 6.07) is 4.59. The number of hydrogen-bond donors (Lipinski definition) is 2. The van der Waals surface area contributed by atoms with Crippen LogP contribution >= 0.6 is 0 Å². The molecule has 0 aliphatic rings. The molecule has 0 aliphatic carbocycles. The van der Waals surface area contributed by atoms with E-state index in [0.29, 0.717) is 16.5 Å². The molecule has 2 rings (SSSR count).